The molecule has 0 aromatic carbocycles. The van der Waals surface area contributed by atoms with Crippen molar-refractivity contribution in [2.75, 3.05) is 84.8 Å². The Morgan fingerprint density at radius 2 is 1.58 bits per heavy atom. The van der Waals surface area contributed by atoms with Gasteiger partial charge in [0.25, 0.3) is 0 Å². The summed E-state index contributed by atoms with van der Waals surface area (Å²) in [5.41, 5.74) is 6.62. The first kappa shape index (κ1) is 44.2. The third kappa shape index (κ3) is 16.4. The number of esters is 2. The molecule has 1 fully saturated rings. The fraction of sp³-hybridized carbons (Fsp3) is 0.788. The zero-order valence-electron chi connectivity index (χ0n) is 31.3. The summed E-state index contributed by atoms with van der Waals surface area (Å²) in [6.07, 6.45) is 3.05. The molecule has 0 spiro atoms. The zero-order valence-corrected chi connectivity index (χ0v) is 32.2. The molecule has 0 saturated carbocycles. The number of carbonyl (C=O) groups is 2. The Balaban J connectivity index is 1.24. The molecule has 302 valence electrons. The molecule has 0 bridgehead atoms. The van der Waals surface area contributed by atoms with Gasteiger partial charge in [-0.2, -0.15) is 9.97 Å². The van der Waals surface area contributed by atoms with Crippen LogP contribution in [-0.4, -0.2) is 133 Å². The first-order chi connectivity index (χ1) is 25.4. The number of nitrogens with zero attached hydrogens (tertiary/aromatic N) is 4. The Labute approximate surface area is 309 Å². The SMILES string of the molecule is CCC[C@H](C)Oc1nc(N)c2[nH]c(=O)n(CC3CCN(CCOP(=O)(O)OCCOCCOCCOC[C@@H](COC(=O)CC)OC(=O)CC)CC3)c2n1. The highest BCUT2D eigenvalue weighted by Gasteiger charge is 2.25. The predicted octanol–water partition coefficient (Wildman–Crippen LogP) is 2.44. The number of phosphoric ester groups is 1. The number of carbonyl (C=O) groups excluding carboxylic acids is 2. The van der Waals surface area contributed by atoms with Gasteiger partial charge in [-0.25, -0.2) is 9.36 Å². The molecular weight excluding hydrogens is 719 g/mol. The largest absolute Gasteiger partial charge is 0.472 e. The number of imidazole rings is 1. The van der Waals surface area contributed by atoms with Crippen LogP contribution in [0.2, 0.25) is 0 Å². The number of fused-ring (bicyclic) bond motifs is 1. The van der Waals surface area contributed by atoms with Gasteiger partial charge in [0.05, 0.1) is 59.0 Å². The maximum atomic E-state index is 12.8. The topological polar surface area (TPSA) is 238 Å². The van der Waals surface area contributed by atoms with E-state index in [9.17, 15) is 23.8 Å². The molecule has 19 nitrogen and oxygen atoms in total. The van der Waals surface area contributed by atoms with Crippen molar-refractivity contribution in [1.82, 2.24) is 24.4 Å². The van der Waals surface area contributed by atoms with Crippen molar-refractivity contribution in [3.8, 4) is 6.01 Å². The predicted molar refractivity (Wildman–Crippen MR) is 192 cm³/mol. The van der Waals surface area contributed by atoms with E-state index in [1.54, 1.807) is 18.4 Å². The smallest absolute Gasteiger partial charge is 0.462 e. The van der Waals surface area contributed by atoms with E-state index >= 15 is 0 Å². The second-order valence-electron chi connectivity index (χ2n) is 12.6. The molecule has 0 aliphatic carbocycles. The number of H-pyrrole nitrogens is 1. The molecule has 3 rings (SSSR count). The molecule has 1 aliphatic heterocycles. The third-order valence-electron chi connectivity index (χ3n) is 8.28. The summed E-state index contributed by atoms with van der Waals surface area (Å²) in [5.74, 6) is -0.427. The van der Waals surface area contributed by atoms with Crippen LogP contribution >= 0.6 is 7.82 Å². The van der Waals surface area contributed by atoms with E-state index in [1.807, 2.05) is 6.92 Å². The Hall–Kier alpha value is -3.16. The molecule has 0 radical (unpaired) electrons. The highest BCUT2D eigenvalue weighted by molar-refractivity contribution is 7.47. The van der Waals surface area contributed by atoms with Crippen LogP contribution in [0.25, 0.3) is 11.2 Å². The van der Waals surface area contributed by atoms with Crippen LogP contribution in [0, 0.1) is 5.92 Å². The molecule has 1 unspecified atom stereocenters. The van der Waals surface area contributed by atoms with Crippen molar-refractivity contribution in [3.05, 3.63) is 10.5 Å². The van der Waals surface area contributed by atoms with Gasteiger partial charge >= 0.3 is 31.5 Å². The minimum absolute atomic E-state index is 0.0121. The highest BCUT2D eigenvalue weighted by atomic mass is 31.2. The molecule has 2 aromatic heterocycles. The number of hydrogen-bond donors (Lipinski definition) is 3. The number of ether oxygens (including phenoxy) is 6. The second-order valence-corrected chi connectivity index (χ2v) is 14.0. The van der Waals surface area contributed by atoms with Crippen molar-refractivity contribution in [1.29, 1.82) is 0 Å². The lowest BCUT2D eigenvalue weighted by Crippen LogP contribution is -2.37. The number of aromatic nitrogens is 4. The van der Waals surface area contributed by atoms with E-state index in [4.69, 9.17) is 43.2 Å². The maximum absolute atomic E-state index is 12.8. The summed E-state index contributed by atoms with van der Waals surface area (Å²) in [4.78, 5) is 59.4. The van der Waals surface area contributed by atoms with Crippen LogP contribution in [0.4, 0.5) is 5.82 Å². The molecule has 2 aromatic rings. The van der Waals surface area contributed by atoms with Gasteiger partial charge in [-0.15, -0.1) is 0 Å². The fourth-order valence-corrected chi connectivity index (χ4v) is 6.10. The Morgan fingerprint density at radius 1 is 0.943 bits per heavy atom. The van der Waals surface area contributed by atoms with E-state index < -0.39 is 25.9 Å². The summed E-state index contributed by atoms with van der Waals surface area (Å²) in [6, 6.07) is 0.149. The van der Waals surface area contributed by atoms with Crippen LogP contribution < -0.4 is 16.2 Å². The molecule has 3 atom stereocenters. The number of nitrogens with two attached hydrogens (primary N) is 1. The molecule has 0 amide bonds. The Bertz CT molecular complexity index is 1500. The number of nitrogen functional groups attached to an aromatic ring is 1. The van der Waals surface area contributed by atoms with E-state index in [-0.39, 0.29) is 102 Å². The average Bonchev–Trinajstić information content (AvgIpc) is 3.44. The van der Waals surface area contributed by atoms with E-state index in [0.717, 1.165) is 38.8 Å². The molecule has 1 saturated heterocycles. The number of phosphoric acid groups is 1. The normalized spacial score (nSPS) is 16.3. The zero-order chi connectivity index (χ0) is 38.6. The standard InChI is InChI=1S/C33H57N6O13P/c1-5-8-24(4)51-32-36-30(34)29-31(37-32)39(33(42)35-29)21-25-9-11-38(12-10-25)13-14-49-53(43,44)50-20-19-46-16-15-45-17-18-47-22-26(52-28(41)7-3)23-48-27(40)6-2/h24-26H,5-23H2,1-4H3,(H,35,42)(H,43,44)(H2,34,36,37)/t24-,26-/m0/s1. The lowest BCUT2D eigenvalue weighted by Gasteiger charge is -2.31. The Kier molecular flexibility index (Phi) is 19.7. The minimum Gasteiger partial charge on any atom is -0.462 e. The summed E-state index contributed by atoms with van der Waals surface area (Å²) in [7, 11) is -4.26. The molecule has 1 aliphatic rings. The first-order valence-corrected chi connectivity index (χ1v) is 19.8. The summed E-state index contributed by atoms with van der Waals surface area (Å²) in [6.45, 7) is 10.6. The lowest BCUT2D eigenvalue weighted by molar-refractivity contribution is -0.162. The first-order valence-electron chi connectivity index (χ1n) is 18.3. The fourth-order valence-electron chi connectivity index (χ4n) is 5.41. The average molecular weight is 777 g/mol. The van der Waals surface area contributed by atoms with Crippen molar-refractivity contribution in [3.63, 3.8) is 0 Å². The number of piperidine rings is 1. The maximum Gasteiger partial charge on any atom is 0.472 e. The van der Waals surface area contributed by atoms with Crippen LogP contribution in [0.3, 0.4) is 0 Å². The third-order valence-corrected chi connectivity index (χ3v) is 9.30. The van der Waals surface area contributed by atoms with Crippen LogP contribution in [0.15, 0.2) is 4.79 Å². The highest BCUT2D eigenvalue weighted by Crippen LogP contribution is 2.42. The van der Waals surface area contributed by atoms with Crippen LogP contribution in [0.1, 0.15) is 66.2 Å². The van der Waals surface area contributed by atoms with Crippen molar-refractivity contribution in [2.24, 2.45) is 5.92 Å². The number of hydrogen-bond acceptors (Lipinski definition) is 16. The summed E-state index contributed by atoms with van der Waals surface area (Å²) >= 11 is 0. The Morgan fingerprint density at radius 3 is 2.25 bits per heavy atom. The number of aromatic amines is 1. The number of nitrogens with one attached hydrogen (secondary N) is 1. The van der Waals surface area contributed by atoms with Gasteiger partial charge in [-0.05, 0) is 45.2 Å². The van der Waals surface area contributed by atoms with Crippen molar-refractivity contribution in [2.45, 2.75) is 85.0 Å². The molecule has 3 heterocycles. The summed E-state index contributed by atoms with van der Waals surface area (Å²) in [5, 5.41) is 0. The van der Waals surface area contributed by atoms with Gasteiger partial charge in [-0.1, -0.05) is 27.2 Å². The molecular formula is C33H57N6O13P. The van der Waals surface area contributed by atoms with Gasteiger partial charge in [0.1, 0.15) is 12.1 Å². The summed E-state index contributed by atoms with van der Waals surface area (Å²) < 4.78 is 56.4. The van der Waals surface area contributed by atoms with Gasteiger partial charge in [0.15, 0.2) is 17.6 Å². The van der Waals surface area contributed by atoms with Crippen molar-refractivity contribution >= 4 is 36.7 Å². The van der Waals surface area contributed by atoms with Gasteiger partial charge < -0.3 is 48.9 Å². The quantitative estimate of drug-likeness (QED) is 0.0671. The number of likely N-dealkylation sites (tertiary alicyclic amines) is 1. The number of anilines is 1. The number of rotatable bonds is 27. The van der Waals surface area contributed by atoms with E-state index in [1.165, 1.54) is 0 Å². The monoisotopic (exact) mass is 776 g/mol. The van der Waals surface area contributed by atoms with Crippen LogP contribution in [0.5, 0.6) is 6.01 Å². The van der Waals surface area contributed by atoms with Crippen molar-refractivity contribution < 1.29 is 56.5 Å². The lowest BCUT2D eigenvalue weighted by atomic mass is 9.97. The molecule has 53 heavy (non-hydrogen) atoms. The van der Waals surface area contributed by atoms with Gasteiger partial charge in [-0.3, -0.25) is 23.2 Å². The molecule has 4 N–H and O–H groups in total. The van der Waals surface area contributed by atoms with Gasteiger partial charge in [0.2, 0.25) is 0 Å². The van der Waals surface area contributed by atoms with Crippen LogP contribution in [-0.2, 0) is 53.4 Å². The minimum atomic E-state index is -4.26. The molecule has 20 heteroatoms. The second kappa shape index (κ2) is 23.6. The van der Waals surface area contributed by atoms with E-state index in [0.29, 0.717) is 24.3 Å². The van der Waals surface area contributed by atoms with Gasteiger partial charge in [0, 0.05) is 25.9 Å². The van der Waals surface area contributed by atoms with E-state index in [2.05, 4.69) is 26.8 Å².